The maximum atomic E-state index is 13.9. The van der Waals surface area contributed by atoms with E-state index in [1.54, 1.807) is 18.2 Å². The Hall–Kier alpha value is -2.69. The fourth-order valence-corrected chi connectivity index (χ4v) is 3.16. The van der Waals surface area contributed by atoms with E-state index in [1.807, 2.05) is 6.07 Å². The Bertz CT molecular complexity index is 979. The highest BCUT2D eigenvalue weighted by Gasteiger charge is 2.22. The molecule has 0 radical (unpaired) electrons. The summed E-state index contributed by atoms with van der Waals surface area (Å²) in [5.74, 6) is -0.513. The van der Waals surface area contributed by atoms with Gasteiger partial charge in [0.05, 0.1) is 10.8 Å². The summed E-state index contributed by atoms with van der Waals surface area (Å²) < 4.78 is 19.6. The van der Waals surface area contributed by atoms with Gasteiger partial charge in [0.1, 0.15) is 11.9 Å². The van der Waals surface area contributed by atoms with Gasteiger partial charge in [-0.25, -0.2) is 4.39 Å². The molecule has 116 valence electrons. The molecule has 0 amide bonds. The van der Waals surface area contributed by atoms with E-state index in [4.69, 9.17) is 4.42 Å². The maximum absolute atomic E-state index is 13.9. The van der Waals surface area contributed by atoms with Crippen molar-refractivity contribution in [2.45, 2.75) is 6.42 Å². The van der Waals surface area contributed by atoms with Gasteiger partial charge in [-0.1, -0.05) is 6.07 Å². The summed E-state index contributed by atoms with van der Waals surface area (Å²) in [5.41, 5.74) is 0.981. The first kappa shape index (κ1) is 13.9. The number of para-hydroxylation sites is 1. The molecule has 4 rings (SSSR count). The van der Waals surface area contributed by atoms with Crippen LogP contribution < -0.4 is 10.3 Å². The van der Waals surface area contributed by atoms with Crippen LogP contribution in [0.5, 0.6) is 0 Å². The smallest absolute Gasteiger partial charge is 0.200 e. The third kappa shape index (κ3) is 2.20. The number of halogens is 1. The van der Waals surface area contributed by atoms with Crippen LogP contribution in [0.2, 0.25) is 0 Å². The van der Waals surface area contributed by atoms with Gasteiger partial charge in [0.15, 0.2) is 11.4 Å². The van der Waals surface area contributed by atoms with Gasteiger partial charge < -0.3 is 14.1 Å². The number of carbonyl (C=O) groups is 1. The van der Waals surface area contributed by atoms with Crippen molar-refractivity contribution in [1.82, 2.24) is 0 Å². The molecule has 1 saturated heterocycles. The quantitative estimate of drug-likeness (QED) is 0.539. The molecule has 0 saturated carbocycles. The Morgan fingerprint density at radius 1 is 1.22 bits per heavy atom. The minimum atomic E-state index is -0.547. The molecular weight excluding hydrogens is 297 g/mol. The molecule has 1 aliphatic heterocycles. The third-order valence-corrected chi connectivity index (χ3v) is 4.42. The van der Waals surface area contributed by atoms with E-state index in [0.717, 1.165) is 24.9 Å². The van der Waals surface area contributed by atoms with Gasteiger partial charge in [-0.3, -0.25) is 4.79 Å². The Morgan fingerprint density at radius 2 is 2.09 bits per heavy atom. The zero-order valence-corrected chi connectivity index (χ0v) is 12.3. The van der Waals surface area contributed by atoms with Crippen LogP contribution in [-0.2, 0) is 4.79 Å². The molecule has 1 aromatic heterocycles. The van der Waals surface area contributed by atoms with Crippen LogP contribution in [0.3, 0.4) is 0 Å². The van der Waals surface area contributed by atoms with Crippen LogP contribution in [0.15, 0.2) is 45.6 Å². The fraction of sp³-hybridized carbons (Fsp3) is 0.222. The zero-order chi connectivity index (χ0) is 16.0. The van der Waals surface area contributed by atoms with Gasteiger partial charge >= 0.3 is 0 Å². The molecule has 1 atom stereocenters. The number of hydrogen-bond donors (Lipinski definition) is 0. The molecule has 0 spiro atoms. The number of carbonyl (C=O) groups excluding carboxylic acids is 1. The molecule has 23 heavy (non-hydrogen) atoms. The van der Waals surface area contributed by atoms with Crippen molar-refractivity contribution >= 4 is 33.9 Å². The molecule has 1 aliphatic rings. The van der Waals surface area contributed by atoms with E-state index in [-0.39, 0.29) is 22.3 Å². The highest BCUT2D eigenvalue weighted by Crippen LogP contribution is 2.28. The van der Waals surface area contributed by atoms with Gasteiger partial charge in [0.25, 0.3) is 0 Å². The zero-order valence-electron chi connectivity index (χ0n) is 12.3. The molecule has 0 bridgehead atoms. The highest BCUT2D eigenvalue weighted by atomic mass is 19.1. The second kappa shape index (κ2) is 5.19. The molecule has 2 heterocycles. The minimum Gasteiger partial charge on any atom is -0.453 e. The van der Waals surface area contributed by atoms with E-state index < -0.39 is 5.82 Å². The van der Waals surface area contributed by atoms with E-state index >= 15 is 0 Å². The first-order valence-corrected chi connectivity index (χ1v) is 7.52. The molecule has 5 heteroatoms. The summed E-state index contributed by atoms with van der Waals surface area (Å²) in [6.45, 7) is 1.43. The molecule has 3 aromatic rings. The maximum Gasteiger partial charge on any atom is 0.200 e. The predicted octanol–water partition coefficient (Wildman–Crippen LogP) is 3.11. The predicted molar refractivity (Wildman–Crippen MR) is 86.3 cm³/mol. The van der Waals surface area contributed by atoms with Crippen LogP contribution in [0, 0.1) is 11.7 Å². The second-order valence-electron chi connectivity index (χ2n) is 5.86. The number of fused-ring (bicyclic) bond motifs is 2. The van der Waals surface area contributed by atoms with Crippen molar-refractivity contribution in [3.63, 3.8) is 0 Å². The van der Waals surface area contributed by atoms with E-state index in [0.29, 0.717) is 17.5 Å². The van der Waals surface area contributed by atoms with Crippen molar-refractivity contribution in [3.8, 4) is 0 Å². The monoisotopic (exact) mass is 311 g/mol. The molecule has 0 aliphatic carbocycles. The topological polar surface area (TPSA) is 50.5 Å². The first-order valence-electron chi connectivity index (χ1n) is 7.52. The van der Waals surface area contributed by atoms with Crippen molar-refractivity contribution in [2.75, 3.05) is 18.0 Å². The fourth-order valence-electron chi connectivity index (χ4n) is 3.16. The van der Waals surface area contributed by atoms with Crippen LogP contribution in [0.25, 0.3) is 21.9 Å². The average Bonchev–Trinajstić information content (AvgIpc) is 3.05. The van der Waals surface area contributed by atoms with Crippen LogP contribution in [0.1, 0.15) is 6.42 Å². The van der Waals surface area contributed by atoms with Crippen molar-refractivity contribution in [3.05, 3.63) is 52.4 Å². The Balaban J connectivity index is 1.89. The Morgan fingerprint density at radius 3 is 2.87 bits per heavy atom. The van der Waals surface area contributed by atoms with Gasteiger partial charge in [0, 0.05) is 30.8 Å². The summed E-state index contributed by atoms with van der Waals surface area (Å²) >= 11 is 0. The largest absolute Gasteiger partial charge is 0.453 e. The van der Waals surface area contributed by atoms with Gasteiger partial charge in [-0.15, -0.1) is 0 Å². The molecular formula is C18H14FNO3. The summed E-state index contributed by atoms with van der Waals surface area (Å²) in [4.78, 5) is 25.5. The SMILES string of the molecule is O=CC1CCN(c2ccc3c(=O)c4cccc(F)c4oc3c2)C1. The van der Waals surface area contributed by atoms with Gasteiger partial charge in [0.2, 0.25) is 5.43 Å². The van der Waals surface area contributed by atoms with E-state index in [2.05, 4.69) is 4.90 Å². The van der Waals surface area contributed by atoms with Crippen molar-refractivity contribution < 1.29 is 13.6 Å². The normalized spacial score (nSPS) is 18.0. The number of hydrogen-bond acceptors (Lipinski definition) is 4. The number of rotatable bonds is 2. The lowest BCUT2D eigenvalue weighted by atomic mass is 10.1. The Kier molecular flexibility index (Phi) is 3.15. The summed E-state index contributed by atoms with van der Waals surface area (Å²) in [6.07, 6.45) is 1.79. The number of aldehydes is 1. The van der Waals surface area contributed by atoms with Crippen LogP contribution in [-0.4, -0.2) is 19.4 Å². The molecule has 4 nitrogen and oxygen atoms in total. The first-order chi connectivity index (χ1) is 11.2. The van der Waals surface area contributed by atoms with E-state index in [9.17, 15) is 14.0 Å². The van der Waals surface area contributed by atoms with Crippen molar-refractivity contribution in [2.24, 2.45) is 5.92 Å². The minimum absolute atomic E-state index is 0.0191. The molecule has 1 unspecified atom stereocenters. The highest BCUT2D eigenvalue weighted by molar-refractivity contribution is 5.91. The van der Waals surface area contributed by atoms with Crippen molar-refractivity contribution in [1.29, 1.82) is 0 Å². The average molecular weight is 311 g/mol. The molecule has 0 N–H and O–H groups in total. The lowest BCUT2D eigenvalue weighted by Gasteiger charge is -2.18. The molecule has 1 fully saturated rings. The van der Waals surface area contributed by atoms with Crippen LogP contribution >= 0.6 is 0 Å². The summed E-state index contributed by atoms with van der Waals surface area (Å²) in [7, 11) is 0. The number of nitrogens with zero attached hydrogens (tertiary/aromatic N) is 1. The van der Waals surface area contributed by atoms with E-state index in [1.165, 1.54) is 12.1 Å². The lowest BCUT2D eigenvalue weighted by molar-refractivity contribution is -0.110. The van der Waals surface area contributed by atoms with Gasteiger partial charge in [-0.2, -0.15) is 0 Å². The summed E-state index contributed by atoms with van der Waals surface area (Å²) in [5, 5.41) is 0.672. The van der Waals surface area contributed by atoms with Crippen LogP contribution in [0.4, 0.5) is 10.1 Å². The standard InChI is InChI=1S/C18H14FNO3/c19-15-3-1-2-14-17(22)13-5-4-12(8-16(13)23-18(14)15)20-7-6-11(9-20)10-21/h1-5,8,10-11H,6-7,9H2. The lowest BCUT2D eigenvalue weighted by Crippen LogP contribution is -2.19. The van der Waals surface area contributed by atoms with Gasteiger partial charge in [-0.05, 0) is 30.7 Å². The number of anilines is 1. The third-order valence-electron chi connectivity index (χ3n) is 4.42. The molecule has 2 aromatic carbocycles. The second-order valence-corrected chi connectivity index (χ2v) is 5.86. The number of benzene rings is 2. The Labute approximate surface area is 131 Å². The summed E-state index contributed by atoms with van der Waals surface area (Å²) in [6, 6.07) is 9.63.